The molecule has 0 aliphatic carbocycles. The van der Waals surface area contributed by atoms with Crippen molar-refractivity contribution in [2.24, 2.45) is 0 Å². The second kappa shape index (κ2) is 4.80. The van der Waals surface area contributed by atoms with E-state index in [0.29, 0.717) is 18.2 Å². The lowest BCUT2D eigenvalue weighted by Gasteiger charge is -2.27. The molecular weight excluding hydrogens is 209 g/mol. The number of anilines is 1. The number of ether oxygens (including phenoxy) is 1. The van der Waals surface area contributed by atoms with E-state index in [-0.39, 0.29) is 12.4 Å². The molecule has 16 heavy (non-hydrogen) atoms. The Morgan fingerprint density at radius 3 is 3.00 bits per heavy atom. The average Bonchev–Trinajstić information content (AvgIpc) is 2.81. The predicted molar refractivity (Wildman–Crippen MR) is 59.9 cm³/mol. The number of rotatable bonds is 3. The number of hydrogen-bond acceptors (Lipinski definition) is 3. The average molecular weight is 225 g/mol. The fraction of sp³-hybridized carbons (Fsp3) is 0.500. The van der Waals surface area contributed by atoms with E-state index in [2.05, 4.69) is 4.90 Å². The van der Waals surface area contributed by atoms with Gasteiger partial charge in [0, 0.05) is 24.9 Å². The number of aliphatic hydroxyl groups excluding tert-OH is 1. The molecule has 0 amide bonds. The fourth-order valence-corrected chi connectivity index (χ4v) is 2.05. The highest BCUT2D eigenvalue weighted by molar-refractivity contribution is 5.54. The van der Waals surface area contributed by atoms with Gasteiger partial charge in [0.05, 0.1) is 19.3 Å². The van der Waals surface area contributed by atoms with Crippen LogP contribution in [0.15, 0.2) is 18.2 Å². The first-order chi connectivity index (χ1) is 7.72. The molecule has 0 bridgehead atoms. The van der Waals surface area contributed by atoms with Crippen molar-refractivity contribution in [3.8, 4) is 0 Å². The predicted octanol–water partition coefficient (Wildman–Crippen LogP) is 1.54. The van der Waals surface area contributed by atoms with E-state index in [1.165, 1.54) is 12.1 Å². The van der Waals surface area contributed by atoms with E-state index in [1.807, 2.05) is 7.05 Å². The van der Waals surface area contributed by atoms with Crippen molar-refractivity contribution in [1.29, 1.82) is 0 Å². The van der Waals surface area contributed by atoms with Crippen molar-refractivity contribution in [3.63, 3.8) is 0 Å². The first kappa shape index (κ1) is 11.4. The summed E-state index contributed by atoms with van der Waals surface area (Å²) >= 11 is 0. The van der Waals surface area contributed by atoms with Gasteiger partial charge in [-0.05, 0) is 24.6 Å². The van der Waals surface area contributed by atoms with Crippen LogP contribution in [0.25, 0.3) is 0 Å². The Balaban J connectivity index is 2.24. The fourth-order valence-electron chi connectivity index (χ4n) is 2.05. The van der Waals surface area contributed by atoms with Crippen LogP contribution in [-0.4, -0.2) is 31.4 Å². The van der Waals surface area contributed by atoms with Crippen LogP contribution in [0, 0.1) is 5.82 Å². The summed E-state index contributed by atoms with van der Waals surface area (Å²) in [5.41, 5.74) is 1.49. The first-order valence-electron chi connectivity index (χ1n) is 5.42. The van der Waals surface area contributed by atoms with Crippen molar-refractivity contribution < 1.29 is 14.2 Å². The highest BCUT2D eigenvalue weighted by Crippen LogP contribution is 2.25. The molecule has 0 spiro atoms. The maximum Gasteiger partial charge on any atom is 0.123 e. The van der Waals surface area contributed by atoms with Gasteiger partial charge in [0.25, 0.3) is 0 Å². The molecule has 1 aliphatic rings. The lowest BCUT2D eigenvalue weighted by Crippen LogP contribution is -2.32. The zero-order valence-electron chi connectivity index (χ0n) is 9.32. The van der Waals surface area contributed by atoms with Gasteiger partial charge in [-0.15, -0.1) is 0 Å². The van der Waals surface area contributed by atoms with Crippen LogP contribution in [0.4, 0.5) is 10.1 Å². The Kier molecular flexibility index (Phi) is 3.41. The van der Waals surface area contributed by atoms with Gasteiger partial charge in [-0.1, -0.05) is 0 Å². The molecule has 1 unspecified atom stereocenters. The lowest BCUT2D eigenvalue weighted by atomic mass is 10.1. The first-order valence-corrected chi connectivity index (χ1v) is 5.42. The maximum atomic E-state index is 13.0. The van der Waals surface area contributed by atoms with Crippen LogP contribution < -0.4 is 4.90 Å². The second-order valence-electron chi connectivity index (χ2n) is 4.06. The molecule has 1 aromatic rings. The summed E-state index contributed by atoms with van der Waals surface area (Å²) in [5.74, 6) is -0.316. The van der Waals surface area contributed by atoms with Gasteiger partial charge >= 0.3 is 0 Å². The van der Waals surface area contributed by atoms with Crippen molar-refractivity contribution in [1.82, 2.24) is 0 Å². The third-order valence-electron chi connectivity index (χ3n) is 3.05. The summed E-state index contributed by atoms with van der Waals surface area (Å²) in [6, 6.07) is 4.82. The molecule has 0 saturated carbocycles. The molecule has 1 atom stereocenters. The Labute approximate surface area is 94.4 Å². The van der Waals surface area contributed by atoms with Crippen LogP contribution in [0.3, 0.4) is 0 Å². The molecule has 3 nitrogen and oxygen atoms in total. The van der Waals surface area contributed by atoms with Crippen molar-refractivity contribution >= 4 is 5.69 Å². The van der Waals surface area contributed by atoms with E-state index in [1.54, 1.807) is 6.07 Å². The molecule has 2 rings (SSSR count). The molecule has 0 radical (unpaired) electrons. The lowest BCUT2D eigenvalue weighted by molar-refractivity contribution is 0.193. The molecule has 1 aromatic carbocycles. The summed E-state index contributed by atoms with van der Waals surface area (Å²) in [6.45, 7) is 1.31. The monoisotopic (exact) mass is 225 g/mol. The third kappa shape index (κ3) is 2.18. The van der Waals surface area contributed by atoms with Crippen LogP contribution >= 0.6 is 0 Å². The quantitative estimate of drug-likeness (QED) is 0.847. The molecule has 1 aliphatic heterocycles. The Bertz CT molecular complexity index is 364. The third-order valence-corrected chi connectivity index (χ3v) is 3.05. The minimum Gasteiger partial charge on any atom is -0.392 e. The standard InChI is InChI=1S/C12H16FNO2/c1-14(11-4-5-16-8-11)12-3-2-10(13)6-9(12)7-15/h2-3,6,11,15H,4-5,7-8H2,1H3. The smallest absolute Gasteiger partial charge is 0.123 e. The normalized spacial score (nSPS) is 20.1. The van der Waals surface area contributed by atoms with Gasteiger partial charge in [0.1, 0.15) is 5.82 Å². The number of benzene rings is 1. The van der Waals surface area contributed by atoms with Crippen molar-refractivity contribution in [2.75, 3.05) is 25.2 Å². The van der Waals surface area contributed by atoms with E-state index in [9.17, 15) is 9.50 Å². The summed E-state index contributed by atoms with van der Waals surface area (Å²) in [7, 11) is 1.95. The van der Waals surface area contributed by atoms with Gasteiger partial charge in [-0.3, -0.25) is 0 Å². The van der Waals surface area contributed by atoms with Gasteiger partial charge in [0.2, 0.25) is 0 Å². The van der Waals surface area contributed by atoms with Crippen LogP contribution in [0.5, 0.6) is 0 Å². The molecule has 1 N–H and O–H groups in total. The summed E-state index contributed by atoms with van der Waals surface area (Å²) in [5, 5.41) is 9.21. The highest BCUT2D eigenvalue weighted by atomic mass is 19.1. The summed E-state index contributed by atoms with van der Waals surface area (Å²) in [6.07, 6.45) is 0.971. The molecule has 1 fully saturated rings. The zero-order chi connectivity index (χ0) is 11.5. The Hall–Kier alpha value is -1.13. The highest BCUT2D eigenvalue weighted by Gasteiger charge is 2.22. The number of halogens is 1. The largest absolute Gasteiger partial charge is 0.392 e. The zero-order valence-corrected chi connectivity index (χ0v) is 9.32. The van der Waals surface area contributed by atoms with Gasteiger partial charge in [-0.25, -0.2) is 4.39 Å². The molecule has 1 heterocycles. The number of aliphatic hydroxyl groups is 1. The van der Waals surface area contributed by atoms with Gasteiger partial charge in [-0.2, -0.15) is 0 Å². The molecule has 1 saturated heterocycles. The van der Waals surface area contributed by atoms with Crippen molar-refractivity contribution in [3.05, 3.63) is 29.6 Å². The minimum atomic E-state index is -0.316. The van der Waals surface area contributed by atoms with Crippen LogP contribution in [0.2, 0.25) is 0 Å². The van der Waals surface area contributed by atoms with E-state index >= 15 is 0 Å². The second-order valence-corrected chi connectivity index (χ2v) is 4.06. The molecule has 88 valence electrons. The Morgan fingerprint density at radius 1 is 1.56 bits per heavy atom. The molecule has 4 heteroatoms. The van der Waals surface area contributed by atoms with E-state index in [4.69, 9.17) is 4.74 Å². The van der Waals surface area contributed by atoms with Crippen LogP contribution in [-0.2, 0) is 11.3 Å². The SMILES string of the molecule is CN(c1ccc(F)cc1CO)C1CCOC1. The number of hydrogen-bond donors (Lipinski definition) is 1. The topological polar surface area (TPSA) is 32.7 Å². The molecule has 0 aromatic heterocycles. The number of likely N-dealkylation sites (N-methyl/N-ethyl adjacent to an activating group) is 1. The van der Waals surface area contributed by atoms with Crippen LogP contribution in [0.1, 0.15) is 12.0 Å². The maximum absolute atomic E-state index is 13.0. The van der Waals surface area contributed by atoms with Crippen molar-refractivity contribution in [2.45, 2.75) is 19.1 Å². The summed E-state index contributed by atoms with van der Waals surface area (Å²) < 4.78 is 18.3. The van der Waals surface area contributed by atoms with E-state index < -0.39 is 0 Å². The Morgan fingerprint density at radius 2 is 2.38 bits per heavy atom. The van der Waals surface area contributed by atoms with E-state index in [0.717, 1.165) is 18.7 Å². The summed E-state index contributed by atoms with van der Waals surface area (Å²) in [4.78, 5) is 2.05. The number of nitrogens with zero attached hydrogens (tertiary/aromatic N) is 1. The van der Waals surface area contributed by atoms with Gasteiger partial charge < -0.3 is 14.7 Å². The van der Waals surface area contributed by atoms with Gasteiger partial charge in [0.15, 0.2) is 0 Å². The molecular formula is C12H16FNO2. The minimum absolute atomic E-state index is 0.148.